The zero-order valence-electron chi connectivity index (χ0n) is 10.6. The summed E-state index contributed by atoms with van der Waals surface area (Å²) in [6.07, 6.45) is 0.235. The average Bonchev–Trinajstić information content (AvgIpc) is 2.95. The van der Waals surface area contributed by atoms with Crippen LogP contribution in [-0.2, 0) is 4.79 Å². The maximum atomic E-state index is 11.8. The van der Waals surface area contributed by atoms with Gasteiger partial charge >= 0.3 is 0 Å². The number of rotatable bonds is 5. The monoisotopic (exact) mass is 352 g/mol. The number of hydrogen-bond donors (Lipinski definition) is 2. The van der Waals surface area contributed by atoms with E-state index in [0.717, 1.165) is 10.2 Å². The first-order valence-electron chi connectivity index (χ1n) is 6.03. The van der Waals surface area contributed by atoms with Gasteiger partial charge in [0, 0.05) is 17.4 Å². The minimum atomic E-state index is -0.145. The summed E-state index contributed by atoms with van der Waals surface area (Å²) in [6.45, 7) is 0.313. The fraction of sp³-hybridized carbons (Fsp3) is 0.143. The number of hydrogen-bond acceptors (Lipinski definition) is 3. The predicted octanol–water partition coefficient (Wildman–Crippen LogP) is 3.27. The van der Waals surface area contributed by atoms with Crippen molar-refractivity contribution in [3.05, 3.63) is 51.1 Å². The quantitative estimate of drug-likeness (QED) is 0.867. The van der Waals surface area contributed by atoms with Crippen molar-refractivity contribution in [3.8, 4) is 0 Å². The molecule has 0 spiro atoms. The molecule has 1 heterocycles. The van der Waals surface area contributed by atoms with E-state index in [1.807, 2.05) is 35.7 Å². The lowest BCUT2D eigenvalue weighted by Crippen LogP contribution is -2.27. The van der Waals surface area contributed by atoms with Crippen LogP contribution in [0.1, 0.15) is 16.1 Å². The van der Waals surface area contributed by atoms with Gasteiger partial charge in [-0.15, -0.1) is 11.3 Å². The van der Waals surface area contributed by atoms with Gasteiger partial charge in [-0.2, -0.15) is 0 Å². The molecule has 0 atom stereocenters. The summed E-state index contributed by atoms with van der Waals surface area (Å²) in [7, 11) is 0. The first kappa shape index (κ1) is 14.7. The fourth-order valence-electron chi connectivity index (χ4n) is 1.56. The van der Waals surface area contributed by atoms with Crippen molar-refractivity contribution in [2.45, 2.75) is 6.42 Å². The first-order chi connectivity index (χ1) is 9.66. The van der Waals surface area contributed by atoms with E-state index in [1.54, 1.807) is 6.07 Å². The summed E-state index contributed by atoms with van der Waals surface area (Å²) in [4.78, 5) is 24.1. The molecule has 6 heteroatoms. The summed E-state index contributed by atoms with van der Waals surface area (Å²) >= 11 is 4.73. The molecule has 0 aliphatic rings. The van der Waals surface area contributed by atoms with Gasteiger partial charge in [0.1, 0.15) is 0 Å². The van der Waals surface area contributed by atoms with Gasteiger partial charge in [-0.1, -0.05) is 18.2 Å². The lowest BCUT2D eigenvalue weighted by Gasteiger charge is -2.07. The fourth-order valence-corrected chi connectivity index (χ4v) is 2.58. The zero-order chi connectivity index (χ0) is 14.4. The summed E-state index contributed by atoms with van der Waals surface area (Å²) in [5.41, 5.74) is 0.724. The molecule has 0 aliphatic heterocycles. The van der Waals surface area contributed by atoms with E-state index in [0.29, 0.717) is 11.4 Å². The molecule has 2 aromatic rings. The summed E-state index contributed by atoms with van der Waals surface area (Å²) in [6, 6.07) is 11.0. The maximum Gasteiger partial charge on any atom is 0.261 e. The van der Waals surface area contributed by atoms with Gasteiger partial charge in [0.05, 0.1) is 10.6 Å². The van der Waals surface area contributed by atoms with Gasteiger partial charge in [0.15, 0.2) is 0 Å². The SMILES string of the molecule is O=C(CCNC(=O)c1cccs1)Nc1ccccc1Br. The highest BCUT2D eigenvalue weighted by Crippen LogP contribution is 2.21. The van der Waals surface area contributed by atoms with Gasteiger partial charge in [0.25, 0.3) is 5.91 Å². The summed E-state index contributed by atoms with van der Waals surface area (Å²) in [5, 5.41) is 7.34. The van der Waals surface area contributed by atoms with Gasteiger partial charge in [0.2, 0.25) is 5.91 Å². The number of anilines is 1. The molecule has 4 nitrogen and oxygen atoms in total. The molecule has 1 aromatic carbocycles. The Labute approximate surface area is 129 Å². The topological polar surface area (TPSA) is 58.2 Å². The number of benzene rings is 1. The zero-order valence-corrected chi connectivity index (χ0v) is 13.0. The molecular formula is C14H13BrN2O2S. The molecule has 0 aliphatic carbocycles. The van der Waals surface area contributed by atoms with E-state index in [-0.39, 0.29) is 18.2 Å². The van der Waals surface area contributed by atoms with Crippen molar-refractivity contribution in [3.63, 3.8) is 0 Å². The lowest BCUT2D eigenvalue weighted by molar-refractivity contribution is -0.116. The van der Waals surface area contributed by atoms with E-state index < -0.39 is 0 Å². The number of halogens is 1. The standard InChI is InChI=1S/C14H13BrN2O2S/c15-10-4-1-2-5-11(10)17-13(18)7-8-16-14(19)12-6-3-9-20-12/h1-6,9H,7-8H2,(H,16,19)(H,17,18). The van der Waals surface area contributed by atoms with Gasteiger partial charge < -0.3 is 10.6 Å². The van der Waals surface area contributed by atoms with Crippen LogP contribution >= 0.6 is 27.3 Å². The first-order valence-corrected chi connectivity index (χ1v) is 7.70. The van der Waals surface area contributed by atoms with Crippen molar-refractivity contribution in [2.75, 3.05) is 11.9 Å². The van der Waals surface area contributed by atoms with Crippen LogP contribution in [0.3, 0.4) is 0 Å². The highest BCUT2D eigenvalue weighted by molar-refractivity contribution is 9.10. The molecular weight excluding hydrogens is 340 g/mol. The Balaban J connectivity index is 1.76. The van der Waals surface area contributed by atoms with Crippen LogP contribution in [0, 0.1) is 0 Å². The van der Waals surface area contributed by atoms with Crippen LogP contribution in [0.4, 0.5) is 5.69 Å². The normalized spacial score (nSPS) is 10.1. The third-order valence-corrected chi connectivity index (χ3v) is 4.09. The third-order valence-electron chi connectivity index (χ3n) is 2.53. The van der Waals surface area contributed by atoms with E-state index in [4.69, 9.17) is 0 Å². The van der Waals surface area contributed by atoms with Crippen LogP contribution in [0.25, 0.3) is 0 Å². The number of nitrogens with one attached hydrogen (secondary N) is 2. The van der Waals surface area contributed by atoms with Crippen molar-refractivity contribution in [1.82, 2.24) is 5.32 Å². The predicted molar refractivity (Wildman–Crippen MR) is 84.0 cm³/mol. The number of thiophene rings is 1. The van der Waals surface area contributed by atoms with Gasteiger partial charge in [-0.3, -0.25) is 9.59 Å². The minimum Gasteiger partial charge on any atom is -0.351 e. The van der Waals surface area contributed by atoms with Crippen LogP contribution in [0.15, 0.2) is 46.3 Å². The van der Waals surface area contributed by atoms with E-state index in [1.165, 1.54) is 11.3 Å². The molecule has 2 rings (SSSR count). The number of carbonyl (C=O) groups excluding carboxylic acids is 2. The molecule has 0 fully saturated rings. The smallest absolute Gasteiger partial charge is 0.261 e. The van der Waals surface area contributed by atoms with E-state index >= 15 is 0 Å². The molecule has 1 aromatic heterocycles. The molecule has 0 unspecified atom stereocenters. The van der Waals surface area contributed by atoms with E-state index in [2.05, 4.69) is 26.6 Å². The highest BCUT2D eigenvalue weighted by atomic mass is 79.9. The molecule has 2 N–H and O–H groups in total. The Bertz CT molecular complexity index is 599. The van der Waals surface area contributed by atoms with Crippen LogP contribution in [-0.4, -0.2) is 18.4 Å². The lowest BCUT2D eigenvalue weighted by atomic mass is 10.3. The Hall–Kier alpha value is -1.66. The van der Waals surface area contributed by atoms with Crippen LogP contribution in [0.5, 0.6) is 0 Å². The highest BCUT2D eigenvalue weighted by Gasteiger charge is 2.08. The van der Waals surface area contributed by atoms with Crippen LogP contribution in [0.2, 0.25) is 0 Å². The Kier molecular flexibility index (Phi) is 5.31. The molecule has 104 valence electrons. The van der Waals surface area contributed by atoms with Gasteiger partial charge in [-0.05, 0) is 39.5 Å². The molecule has 0 saturated heterocycles. The second-order valence-electron chi connectivity index (χ2n) is 4.01. The molecule has 0 saturated carbocycles. The average molecular weight is 353 g/mol. The minimum absolute atomic E-state index is 0.136. The maximum absolute atomic E-state index is 11.8. The second kappa shape index (κ2) is 7.21. The van der Waals surface area contributed by atoms with Crippen molar-refractivity contribution in [1.29, 1.82) is 0 Å². The Morgan fingerprint density at radius 1 is 1.15 bits per heavy atom. The van der Waals surface area contributed by atoms with Crippen molar-refractivity contribution in [2.24, 2.45) is 0 Å². The Morgan fingerprint density at radius 2 is 1.95 bits per heavy atom. The number of para-hydroxylation sites is 1. The molecule has 2 amide bonds. The molecule has 20 heavy (non-hydrogen) atoms. The number of carbonyl (C=O) groups is 2. The van der Waals surface area contributed by atoms with Crippen molar-refractivity contribution < 1.29 is 9.59 Å². The second-order valence-corrected chi connectivity index (χ2v) is 5.81. The van der Waals surface area contributed by atoms with Gasteiger partial charge in [-0.25, -0.2) is 0 Å². The molecule has 0 radical (unpaired) electrons. The summed E-state index contributed by atoms with van der Waals surface area (Å²) in [5.74, 6) is -0.280. The Morgan fingerprint density at radius 3 is 2.65 bits per heavy atom. The van der Waals surface area contributed by atoms with Crippen molar-refractivity contribution >= 4 is 44.8 Å². The largest absolute Gasteiger partial charge is 0.351 e. The number of amides is 2. The molecule has 0 bridgehead atoms. The third kappa shape index (κ3) is 4.18. The van der Waals surface area contributed by atoms with E-state index in [9.17, 15) is 9.59 Å². The van der Waals surface area contributed by atoms with Crippen LogP contribution < -0.4 is 10.6 Å². The summed E-state index contributed by atoms with van der Waals surface area (Å²) < 4.78 is 0.830.